The van der Waals surface area contributed by atoms with Crippen molar-refractivity contribution in [1.29, 1.82) is 5.26 Å². The van der Waals surface area contributed by atoms with Gasteiger partial charge in [0.15, 0.2) is 0 Å². The number of aromatic nitrogens is 2. The van der Waals surface area contributed by atoms with Gasteiger partial charge in [-0.05, 0) is 29.8 Å². The standard InChI is InChI=1S/C17H14ClN3/c18-11-9-17-20-15-3-1-2-4-16(15)21(17)14-7-5-13(6-8-14)10-12-19/h1-8H,9-11H2. The molecule has 0 aliphatic rings. The van der Waals surface area contributed by atoms with Gasteiger partial charge < -0.3 is 0 Å². The van der Waals surface area contributed by atoms with E-state index in [2.05, 4.69) is 21.7 Å². The number of aryl methyl sites for hydroxylation is 1. The maximum atomic E-state index is 8.75. The maximum Gasteiger partial charge on any atom is 0.115 e. The molecule has 0 radical (unpaired) electrons. The number of nitriles is 1. The predicted octanol–water partition coefficient (Wildman–Crippen LogP) is 3.87. The minimum Gasteiger partial charge on any atom is -0.296 e. The minimum absolute atomic E-state index is 0.430. The molecule has 1 heterocycles. The summed E-state index contributed by atoms with van der Waals surface area (Å²) in [5.74, 6) is 1.50. The molecule has 3 nitrogen and oxygen atoms in total. The van der Waals surface area contributed by atoms with E-state index in [0.717, 1.165) is 34.5 Å². The first-order valence-corrected chi connectivity index (χ1v) is 7.35. The average Bonchev–Trinajstić information content (AvgIpc) is 2.87. The molecule has 0 amide bonds. The van der Waals surface area contributed by atoms with E-state index < -0.39 is 0 Å². The van der Waals surface area contributed by atoms with Crippen LogP contribution in [0.2, 0.25) is 0 Å². The van der Waals surface area contributed by atoms with Gasteiger partial charge >= 0.3 is 0 Å². The molecule has 0 N–H and O–H groups in total. The molecule has 0 spiro atoms. The summed E-state index contributed by atoms with van der Waals surface area (Å²) in [6.45, 7) is 0. The molecule has 0 bridgehead atoms. The van der Waals surface area contributed by atoms with Crippen molar-refractivity contribution in [3.8, 4) is 11.8 Å². The Hall–Kier alpha value is -2.31. The lowest BCUT2D eigenvalue weighted by Gasteiger charge is -2.09. The van der Waals surface area contributed by atoms with Gasteiger partial charge in [-0.15, -0.1) is 11.6 Å². The van der Waals surface area contributed by atoms with Crippen molar-refractivity contribution < 1.29 is 0 Å². The first-order valence-electron chi connectivity index (χ1n) is 6.82. The Morgan fingerprint density at radius 3 is 2.57 bits per heavy atom. The van der Waals surface area contributed by atoms with Gasteiger partial charge in [0.2, 0.25) is 0 Å². The number of rotatable bonds is 4. The van der Waals surface area contributed by atoms with Crippen molar-refractivity contribution in [2.45, 2.75) is 12.8 Å². The van der Waals surface area contributed by atoms with Gasteiger partial charge in [0.1, 0.15) is 5.82 Å². The molecule has 104 valence electrons. The van der Waals surface area contributed by atoms with Crippen LogP contribution in [0.3, 0.4) is 0 Å². The Labute approximate surface area is 128 Å². The summed E-state index contributed by atoms with van der Waals surface area (Å²) in [4.78, 5) is 4.66. The monoisotopic (exact) mass is 295 g/mol. The van der Waals surface area contributed by atoms with E-state index in [9.17, 15) is 0 Å². The van der Waals surface area contributed by atoms with E-state index in [4.69, 9.17) is 16.9 Å². The molecule has 0 fully saturated rings. The van der Waals surface area contributed by atoms with Gasteiger partial charge in [-0.2, -0.15) is 5.26 Å². The van der Waals surface area contributed by atoms with Crippen molar-refractivity contribution >= 4 is 22.6 Å². The third-order valence-corrected chi connectivity index (χ3v) is 3.62. The molecule has 2 aromatic carbocycles. The third kappa shape index (κ3) is 2.63. The Morgan fingerprint density at radius 1 is 1.10 bits per heavy atom. The average molecular weight is 296 g/mol. The summed E-state index contributed by atoms with van der Waals surface area (Å²) < 4.78 is 2.13. The second-order valence-corrected chi connectivity index (χ2v) is 5.17. The molecule has 0 aliphatic heterocycles. The fraction of sp³-hybridized carbons (Fsp3) is 0.176. The summed E-state index contributed by atoms with van der Waals surface area (Å²) in [5, 5.41) is 8.75. The highest BCUT2D eigenvalue weighted by Gasteiger charge is 2.11. The molecule has 3 aromatic rings. The SMILES string of the molecule is N#CCc1ccc(-n2c(CCCl)nc3ccccc32)cc1. The lowest BCUT2D eigenvalue weighted by Crippen LogP contribution is -2.02. The van der Waals surface area contributed by atoms with Crippen LogP contribution in [0.25, 0.3) is 16.7 Å². The van der Waals surface area contributed by atoms with Gasteiger partial charge in [-0.3, -0.25) is 4.57 Å². The number of hydrogen-bond acceptors (Lipinski definition) is 2. The minimum atomic E-state index is 0.430. The maximum absolute atomic E-state index is 8.75. The molecule has 1 aromatic heterocycles. The van der Waals surface area contributed by atoms with E-state index in [-0.39, 0.29) is 0 Å². The molecule has 0 unspecified atom stereocenters. The number of benzene rings is 2. The first-order chi connectivity index (χ1) is 10.3. The van der Waals surface area contributed by atoms with Gasteiger partial charge in [0.25, 0.3) is 0 Å². The Bertz CT molecular complexity index is 797. The van der Waals surface area contributed by atoms with Crippen molar-refractivity contribution in [2.24, 2.45) is 0 Å². The quantitative estimate of drug-likeness (QED) is 0.686. The summed E-state index contributed by atoms with van der Waals surface area (Å²) in [5.41, 5.74) is 4.11. The third-order valence-electron chi connectivity index (χ3n) is 3.43. The van der Waals surface area contributed by atoms with E-state index in [0.29, 0.717) is 12.3 Å². The highest BCUT2D eigenvalue weighted by Crippen LogP contribution is 2.22. The number of halogens is 1. The number of hydrogen-bond donors (Lipinski definition) is 0. The largest absolute Gasteiger partial charge is 0.296 e. The molecule has 0 saturated carbocycles. The van der Waals surface area contributed by atoms with Crippen LogP contribution in [-0.4, -0.2) is 15.4 Å². The zero-order valence-electron chi connectivity index (χ0n) is 11.5. The summed E-state index contributed by atoms with van der Waals surface area (Å²) >= 11 is 5.90. The molecule has 0 saturated heterocycles. The lowest BCUT2D eigenvalue weighted by molar-refractivity contribution is 0.911. The molecule has 0 aliphatic carbocycles. The highest BCUT2D eigenvalue weighted by atomic mass is 35.5. The number of para-hydroxylation sites is 2. The van der Waals surface area contributed by atoms with Crippen molar-refractivity contribution in [3.05, 3.63) is 59.9 Å². The van der Waals surface area contributed by atoms with Crippen LogP contribution in [0, 0.1) is 11.3 Å². The van der Waals surface area contributed by atoms with Crippen LogP contribution in [0.15, 0.2) is 48.5 Å². The molecule has 4 heteroatoms. The van der Waals surface area contributed by atoms with Gasteiger partial charge in [0, 0.05) is 18.0 Å². The zero-order chi connectivity index (χ0) is 14.7. The van der Waals surface area contributed by atoms with Crippen LogP contribution in [-0.2, 0) is 12.8 Å². The van der Waals surface area contributed by atoms with Gasteiger partial charge in [-0.25, -0.2) is 4.98 Å². The number of alkyl halides is 1. The Balaban J connectivity index is 2.13. The molecule has 3 rings (SSSR count). The van der Waals surface area contributed by atoms with Gasteiger partial charge in [-0.1, -0.05) is 24.3 Å². The number of imidazole rings is 1. The fourth-order valence-corrected chi connectivity index (χ4v) is 2.64. The van der Waals surface area contributed by atoms with Crippen molar-refractivity contribution in [2.75, 3.05) is 5.88 Å². The van der Waals surface area contributed by atoms with E-state index in [1.54, 1.807) is 0 Å². The van der Waals surface area contributed by atoms with Crippen LogP contribution in [0.5, 0.6) is 0 Å². The topological polar surface area (TPSA) is 41.6 Å². The normalized spacial score (nSPS) is 10.7. The second kappa shape index (κ2) is 5.99. The summed E-state index contributed by atoms with van der Waals surface area (Å²) in [7, 11) is 0. The smallest absolute Gasteiger partial charge is 0.115 e. The summed E-state index contributed by atoms with van der Waals surface area (Å²) in [6, 6.07) is 18.2. The summed E-state index contributed by atoms with van der Waals surface area (Å²) in [6.07, 6.45) is 1.15. The van der Waals surface area contributed by atoms with Crippen molar-refractivity contribution in [3.63, 3.8) is 0 Å². The second-order valence-electron chi connectivity index (χ2n) is 4.79. The molecule has 0 atom stereocenters. The van der Waals surface area contributed by atoms with Crippen LogP contribution in [0.4, 0.5) is 0 Å². The van der Waals surface area contributed by atoms with Crippen LogP contribution < -0.4 is 0 Å². The molecular formula is C17H14ClN3. The zero-order valence-corrected chi connectivity index (χ0v) is 12.2. The Kier molecular flexibility index (Phi) is 3.89. The predicted molar refractivity (Wildman–Crippen MR) is 84.8 cm³/mol. The molecular weight excluding hydrogens is 282 g/mol. The van der Waals surface area contributed by atoms with E-state index in [1.165, 1.54) is 0 Å². The van der Waals surface area contributed by atoms with E-state index >= 15 is 0 Å². The fourth-order valence-electron chi connectivity index (χ4n) is 2.47. The lowest BCUT2D eigenvalue weighted by atomic mass is 10.1. The molecule has 21 heavy (non-hydrogen) atoms. The van der Waals surface area contributed by atoms with E-state index in [1.807, 2.05) is 42.5 Å². The van der Waals surface area contributed by atoms with Crippen molar-refractivity contribution in [1.82, 2.24) is 9.55 Å². The number of fused-ring (bicyclic) bond motifs is 1. The first kappa shape index (κ1) is 13.7. The highest BCUT2D eigenvalue weighted by molar-refractivity contribution is 6.17. The Morgan fingerprint density at radius 2 is 1.86 bits per heavy atom. The van der Waals surface area contributed by atoms with Crippen LogP contribution in [0.1, 0.15) is 11.4 Å². The van der Waals surface area contributed by atoms with Crippen LogP contribution >= 0.6 is 11.6 Å². The number of nitrogens with zero attached hydrogens (tertiary/aromatic N) is 3. The van der Waals surface area contributed by atoms with Gasteiger partial charge in [0.05, 0.1) is 23.5 Å².